The van der Waals surface area contributed by atoms with Crippen molar-refractivity contribution in [2.45, 2.75) is 12.8 Å². The van der Waals surface area contributed by atoms with Crippen LogP contribution in [0.25, 0.3) is 0 Å². The molecule has 0 spiro atoms. The second kappa shape index (κ2) is 8.01. The Hall–Kier alpha value is -3.25. The number of rotatable bonds is 5. The van der Waals surface area contributed by atoms with E-state index in [-0.39, 0.29) is 39.8 Å². The molecule has 0 aliphatic carbocycles. The molecule has 0 fully saturated rings. The number of ether oxygens (including phenoxy) is 1. The molecular formula is C19H14ClF3N4O2. The molecule has 0 amide bonds. The van der Waals surface area contributed by atoms with Gasteiger partial charge in [-0.2, -0.15) is 10.4 Å². The average Bonchev–Trinajstić information content (AvgIpc) is 2.93. The van der Waals surface area contributed by atoms with Crippen LogP contribution in [0, 0.1) is 17.1 Å². The molecule has 6 nitrogen and oxygen atoms in total. The number of halogens is 4. The van der Waals surface area contributed by atoms with Crippen molar-refractivity contribution >= 4 is 11.6 Å². The van der Waals surface area contributed by atoms with Crippen molar-refractivity contribution in [3.63, 3.8) is 0 Å². The summed E-state index contributed by atoms with van der Waals surface area (Å²) in [5.74, 6) is -1.03. The summed E-state index contributed by atoms with van der Waals surface area (Å²) in [4.78, 5) is 11.8. The van der Waals surface area contributed by atoms with E-state index >= 15 is 4.39 Å². The summed E-state index contributed by atoms with van der Waals surface area (Å²) >= 11 is 6.04. The molecule has 0 atom stereocenters. The zero-order chi connectivity index (χ0) is 21.3. The molecule has 0 unspecified atom stereocenters. The monoisotopic (exact) mass is 422 g/mol. The second-order valence-corrected chi connectivity index (χ2v) is 6.62. The molecule has 1 heterocycles. The van der Waals surface area contributed by atoms with Gasteiger partial charge in [0.25, 0.3) is 6.43 Å². The Morgan fingerprint density at radius 1 is 1.28 bits per heavy atom. The minimum atomic E-state index is -2.83. The first-order valence-corrected chi connectivity index (χ1v) is 8.66. The number of alkyl halides is 2. The summed E-state index contributed by atoms with van der Waals surface area (Å²) < 4.78 is 48.9. The maximum absolute atomic E-state index is 15.0. The highest BCUT2D eigenvalue weighted by Crippen LogP contribution is 2.36. The Bertz CT molecular complexity index is 1180. The number of nitriles is 1. The molecule has 0 radical (unpaired) electrons. The van der Waals surface area contributed by atoms with Crippen molar-refractivity contribution in [2.24, 2.45) is 14.1 Å². The summed E-state index contributed by atoms with van der Waals surface area (Å²) in [6, 6.07) is 7.79. The minimum absolute atomic E-state index is 0.0214. The predicted octanol–water partition coefficient (Wildman–Crippen LogP) is 4.10. The number of aryl methyl sites for hydroxylation is 1. The Morgan fingerprint density at radius 2 is 2.00 bits per heavy atom. The van der Waals surface area contributed by atoms with Gasteiger partial charge in [0.2, 0.25) is 0 Å². The molecule has 3 rings (SSSR count). The average molecular weight is 423 g/mol. The fraction of sp³-hybridized carbons (Fsp3) is 0.211. The van der Waals surface area contributed by atoms with E-state index in [1.165, 1.54) is 36.9 Å². The third kappa shape index (κ3) is 4.12. The van der Waals surface area contributed by atoms with Crippen LogP contribution < -0.4 is 10.4 Å². The van der Waals surface area contributed by atoms with Crippen molar-refractivity contribution in [1.29, 1.82) is 5.26 Å². The van der Waals surface area contributed by atoms with Gasteiger partial charge in [-0.15, -0.1) is 0 Å². The highest BCUT2D eigenvalue weighted by Gasteiger charge is 2.19. The second-order valence-electron chi connectivity index (χ2n) is 6.21. The molecule has 0 saturated carbocycles. The molecule has 2 aromatic carbocycles. The fourth-order valence-corrected chi connectivity index (χ4v) is 2.91. The zero-order valence-electron chi connectivity index (χ0n) is 15.3. The molecule has 3 aromatic rings. The lowest BCUT2D eigenvalue weighted by molar-refractivity contribution is 0.151. The van der Waals surface area contributed by atoms with Crippen molar-refractivity contribution in [3.05, 3.63) is 74.2 Å². The van der Waals surface area contributed by atoms with Gasteiger partial charge in [-0.3, -0.25) is 4.57 Å². The molecule has 0 N–H and O–H groups in total. The van der Waals surface area contributed by atoms with E-state index in [9.17, 15) is 13.6 Å². The van der Waals surface area contributed by atoms with Crippen LogP contribution in [0.4, 0.5) is 13.2 Å². The van der Waals surface area contributed by atoms with E-state index in [2.05, 4.69) is 5.10 Å². The van der Waals surface area contributed by atoms with Gasteiger partial charge in [-0.1, -0.05) is 17.7 Å². The molecule has 1 aromatic heterocycles. The van der Waals surface area contributed by atoms with Crippen molar-refractivity contribution in [3.8, 4) is 17.6 Å². The van der Waals surface area contributed by atoms with E-state index in [1.54, 1.807) is 6.07 Å². The SMILES string of the molecule is Cn1nc(Cc2ccc(Cl)c(Oc3cc(C#N)cc(C(F)F)c3)c2F)n(C)c1=O. The molecule has 0 saturated heterocycles. The summed E-state index contributed by atoms with van der Waals surface area (Å²) in [7, 11) is 2.98. The van der Waals surface area contributed by atoms with Gasteiger partial charge in [0, 0.05) is 26.1 Å². The first-order valence-electron chi connectivity index (χ1n) is 8.28. The summed E-state index contributed by atoms with van der Waals surface area (Å²) in [5, 5.41) is 13.0. The van der Waals surface area contributed by atoms with Gasteiger partial charge in [0.15, 0.2) is 11.6 Å². The van der Waals surface area contributed by atoms with Crippen LogP contribution in [0.5, 0.6) is 11.5 Å². The van der Waals surface area contributed by atoms with E-state index in [0.29, 0.717) is 5.82 Å². The number of benzene rings is 2. The fourth-order valence-electron chi connectivity index (χ4n) is 2.73. The van der Waals surface area contributed by atoms with Crippen LogP contribution in [-0.2, 0) is 20.5 Å². The number of hydrogen-bond acceptors (Lipinski definition) is 4. The third-order valence-corrected chi connectivity index (χ3v) is 4.52. The standard InChI is InChI=1S/C19H14ClF3N4O2/c1-26-15(25-27(2)19(26)28)8-11-3-4-14(20)17(16(11)21)29-13-6-10(9-24)5-12(7-13)18(22)23/h3-7,18H,8H2,1-2H3. The lowest BCUT2D eigenvalue weighted by Crippen LogP contribution is -2.20. The molecule has 150 valence electrons. The smallest absolute Gasteiger partial charge is 0.345 e. The number of nitrogens with zero attached hydrogens (tertiary/aromatic N) is 4. The number of aromatic nitrogens is 3. The van der Waals surface area contributed by atoms with Crippen LogP contribution in [-0.4, -0.2) is 14.3 Å². The van der Waals surface area contributed by atoms with Gasteiger partial charge in [0.1, 0.15) is 11.6 Å². The van der Waals surface area contributed by atoms with Gasteiger partial charge >= 0.3 is 5.69 Å². The van der Waals surface area contributed by atoms with Gasteiger partial charge in [-0.05, 0) is 29.8 Å². The quantitative estimate of drug-likeness (QED) is 0.620. The molecule has 0 bridgehead atoms. The van der Waals surface area contributed by atoms with Crippen LogP contribution in [0.1, 0.15) is 28.9 Å². The predicted molar refractivity (Wildman–Crippen MR) is 98.9 cm³/mol. The van der Waals surface area contributed by atoms with Gasteiger partial charge < -0.3 is 4.74 Å². The van der Waals surface area contributed by atoms with Crippen LogP contribution in [0.2, 0.25) is 5.02 Å². The van der Waals surface area contributed by atoms with Crippen molar-refractivity contribution in [2.75, 3.05) is 0 Å². The number of hydrogen-bond donors (Lipinski definition) is 0. The summed E-state index contributed by atoms with van der Waals surface area (Å²) in [6.07, 6.45) is -2.85. The van der Waals surface area contributed by atoms with Crippen LogP contribution in [0.3, 0.4) is 0 Å². The van der Waals surface area contributed by atoms with Crippen LogP contribution in [0.15, 0.2) is 35.1 Å². The highest BCUT2D eigenvalue weighted by molar-refractivity contribution is 6.32. The zero-order valence-corrected chi connectivity index (χ0v) is 16.0. The van der Waals surface area contributed by atoms with Crippen molar-refractivity contribution in [1.82, 2.24) is 14.3 Å². The van der Waals surface area contributed by atoms with E-state index in [1.807, 2.05) is 0 Å². The maximum atomic E-state index is 15.0. The first-order chi connectivity index (χ1) is 13.7. The van der Waals surface area contributed by atoms with Crippen LogP contribution >= 0.6 is 11.6 Å². The third-order valence-electron chi connectivity index (χ3n) is 4.22. The lowest BCUT2D eigenvalue weighted by Gasteiger charge is -2.13. The Morgan fingerprint density at radius 3 is 2.59 bits per heavy atom. The molecular weight excluding hydrogens is 409 g/mol. The normalized spacial score (nSPS) is 11.0. The van der Waals surface area contributed by atoms with E-state index in [0.717, 1.165) is 16.8 Å². The summed E-state index contributed by atoms with van der Waals surface area (Å²) in [6.45, 7) is 0. The highest BCUT2D eigenvalue weighted by atomic mass is 35.5. The van der Waals surface area contributed by atoms with E-state index in [4.69, 9.17) is 21.6 Å². The molecule has 10 heteroatoms. The van der Waals surface area contributed by atoms with E-state index < -0.39 is 17.8 Å². The molecule has 0 aliphatic heterocycles. The Labute approximate surface area is 168 Å². The lowest BCUT2D eigenvalue weighted by atomic mass is 10.1. The van der Waals surface area contributed by atoms with Gasteiger partial charge in [0.05, 0.1) is 16.7 Å². The Kier molecular flexibility index (Phi) is 5.66. The first kappa shape index (κ1) is 20.5. The topological polar surface area (TPSA) is 72.8 Å². The molecule has 0 aliphatic rings. The molecule has 29 heavy (non-hydrogen) atoms. The van der Waals surface area contributed by atoms with Crippen molar-refractivity contribution < 1.29 is 17.9 Å². The Balaban J connectivity index is 2.00. The largest absolute Gasteiger partial charge is 0.453 e. The summed E-state index contributed by atoms with van der Waals surface area (Å²) in [5.41, 5.74) is -0.716. The minimum Gasteiger partial charge on any atom is -0.453 e. The van der Waals surface area contributed by atoms with Gasteiger partial charge in [-0.25, -0.2) is 22.6 Å². The maximum Gasteiger partial charge on any atom is 0.345 e.